The second-order valence-electron chi connectivity index (χ2n) is 2.20. The molecule has 1 heterocycles. The summed E-state index contributed by atoms with van der Waals surface area (Å²) >= 11 is 1.01. The Bertz CT molecular complexity index is 401. The van der Waals surface area contributed by atoms with Crippen LogP contribution in [-0.2, 0) is 0 Å². The lowest BCUT2D eigenvalue weighted by Crippen LogP contribution is -2.18. The van der Waals surface area contributed by atoms with Crippen LogP contribution in [0.2, 0.25) is 0 Å². The Kier molecular flexibility index (Phi) is 2.72. The third-order valence-corrected chi connectivity index (χ3v) is 2.10. The number of carbonyl (C=O) groups is 1. The lowest BCUT2D eigenvalue weighted by molar-refractivity contribution is 0.0694. The van der Waals surface area contributed by atoms with Gasteiger partial charge < -0.3 is 10.1 Å². The average Bonchev–Trinajstić information content (AvgIpc) is 2.07. The molecule has 0 saturated heterocycles. The Balaban J connectivity index is 3.37. The fraction of sp³-hybridized carbons (Fsp3) is 0.143. The second kappa shape index (κ2) is 3.61. The maximum atomic E-state index is 12.9. The molecule has 0 unspecified atom stereocenters. The van der Waals surface area contributed by atoms with Gasteiger partial charge in [0.25, 0.3) is 5.56 Å². The molecule has 0 aliphatic rings. The van der Waals surface area contributed by atoms with Gasteiger partial charge in [-0.15, -0.1) is 11.8 Å². The molecule has 0 amide bonds. The Morgan fingerprint density at radius 1 is 1.69 bits per heavy atom. The Morgan fingerprint density at radius 3 is 2.77 bits per heavy atom. The van der Waals surface area contributed by atoms with Crippen molar-refractivity contribution in [3.8, 4) is 0 Å². The van der Waals surface area contributed by atoms with Gasteiger partial charge in [0, 0.05) is 0 Å². The van der Waals surface area contributed by atoms with Crippen LogP contribution in [0.5, 0.6) is 0 Å². The SMILES string of the molecule is CSc1[nH]c(=O)c(C(=O)O)cc1F. The van der Waals surface area contributed by atoms with Crippen LogP contribution in [0.3, 0.4) is 0 Å². The van der Waals surface area contributed by atoms with Crippen molar-refractivity contribution >= 4 is 17.7 Å². The Hall–Kier alpha value is -1.30. The first-order valence-corrected chi connectivity index (χ1v) is 4.49. The number of hydrogen-bond donors (Lipinski definition) is 2. The van der Waals surface area contributed by atoms with Crippen molar-refractivity contribution in [2.75, 3.05) is 6.26 Å². The van der Waals surface area contributed by atoms with Crippen LogP contribution in [0.15, 0.2) is 15.9 Å². The molecule has 0 atom stereocenters. The molecule has 1 aromatic rings. The summed E-state index contributed by atoms with van der Waals surface area (Å²) in [6, 6.07) is 0.715. The lowest BCUT2D eigenvalue weighted by atomic mass is 10.3. The van der Waals surface area contributed by atoms with Crippen molar-refractivity contribution in [1.29, 1.82) is 0 Å². The van der Waals surface area contributed by atoms with Crippen molar-refractivity contribution in [1.82, 2.24) is 4.98 Å². The van der Waals surface area contributed by atoms with Gasteiger partial charge in [0.2, 0.25) is 0 Å². The number of H-pyrrole nitrogens is 1. The van der Waals surface area contributed by atoms with E-state index in [-0.39, 0.29) is 5.03 Å². The van der Waals surface area contributed by atoms with Gasteiger partial charge in [-0.2, -0.15) is 0 Å². The molecule has 6 heteroatoms. The molecular formula is C7H6FNO3S. The van der Waals surface area contributed by atoms with Crippen molar-refractivity contribution in [3.63, 3.8) is 0 Å². The topological polar surface area (TPSA) is 70.2 Å². The zero-order chi connectivity index (χ0) is 10.0. The summed E-state index contributed by atoms with van der Waals surface area (Å²) in [5, 5.41) is 8.50. The standard InChI is InChI=1S/C7H6FNO3S/c1-13-6-4(8)2-3(7(11)12)5(10)9-6/h2H,1H3,(H,9,10)(H,11,12). The predicted octanol–water partition coefficient (Wildman–Crippen LogP) is 0.934. The third-order valence-electron chi connectivity index (χ3n) is 1.39. The first-order chi connectivity index (χ1) is 6.06. The quantitative estimate of drug-likeness (QED) is 0.701. The minimum absolute atomic E-state index is 0.0370. The number of hydrogen-bond acceptors (Lipinski definition) is 3. The molecule has 0 aliphatic carbocycles. The highest BCUT2D eigenvalue weighted by molar-refractivity contribution is 7.98. The largest absolute Gasteiger partial charge is 0.477 e. The highest BCUT2D eigenvalue weighted by atomic mass is 32.2. The summed E-state index contributed by atoms with van der Waals surface area (Å²) < 4.78 is 12.9. The first-order valence-electron chi connectivity index (χ1n) is 3.26. The normalized spacial score (nSPS) is 10.0. The number of aromatic carboxylic acids is 1. The Morgan fingerprint density at radius 2 is 2.31 bits per heavy atom. The van der Waals surface area contributed by atoms with Crippen LogP contribution in [-0.4, -0.2) is 22.3 Å². The zero-order valence-corrected chi connectivity index (χ0v) is 7.44. The summed E-state index contributed by atoms with van der Waals surface area (Å²) in [7, 11) is 0. The molecule has 1 rings (SSSR count). The summed E-state index contributed by atoms with van der Waals surface area (Å²) in [6.07, 6.45) is 1.58. The van der Waals surface area contributed by atoms with Gasteiger partial charge in [0.15, 0.2) is 5.82 Å². The van der Waals surface area contributed by atoms with Gasteiger partial charge in [0.05, 0.1) is 0 Å². The monoisotopic (exact) mass is 203 g/mol. The van der Waals surface area contributed by atoms with E-state index in [1.807, 2.05) is 0 Å². The molecule has 0 saturated carbocycles. The van der Waals surface area contributed by atoms with Crippen molar-refractivity contribution in [3.05, 3.63) is 27.8 Å². The smallest absolute Gasteiger partial charge is 0.341 e. The minimum atomic E-state index is -1.44. The van der Waals surface area contributed by atoms with E-state index in [4.69, 9.17) is 5.11 Å². The van der Waals surface area contributed by atoms with E-state index in [1.165, 1.54) is 0 Å². The van der Waals surface area contributed by atoms with Crippen LogP contribution >= 0.6 is 11.8 Å². The maximum Gasteiger partial charge on any atom is 0.341 e. The van der Waals surface area contributed by atoms with E-state index < -0.39 is 22.9 Å². The molecule has 1 aromatic heterocycles. The zero-order valence-electron chi connectivity index (χ0n) is 6.63. The maximum absolute atomic E-state index is 12.9. The number of aromatic nitrogens is 1. The molecule has 2 N–H and O–H groups in total. The number of pyridine rings is 1. The van der Waals surface area contributed by atoms with Gasteiger partial charge in [-0.05, 0) is 12.3 Å². The molecule has 70 valence electrons. The molecule has 0 bridgehead atoms. The van der Waals surface area contributed by atoms with Gasteiger partial charge in [-0.1, -0.05) is 0 Å². The van der Waals surface area contributed by atoms with Crippen LogP contribution in [0.1, 0.15) is 10.4 Å². The fourth-order valence-electron chi connectivity index (χ4n) is 0.795. The van der Waals surface area contributed by atoms with E-state index in [0.717, 1.165) is 11.8 Å². The van der Waals surface area contributed by atoms with E-state index in [0.29, 0.717) is 6.07 Å². The molecule has 0 radical (unpaired) electrons. The third kappa shape index (κ3) is 1.89. The fourth-order valence-corrected chi connectivity index (χ4v) is 1.24. The molecule has 4 nitrogen and oxygen atoms in total. The van der Waals surface area contributed by atoms with Gasteiger partial charge in [0.1, 0.15) is 10.6 Å². The number of rotatable bonds is 2. The van der Waals surface area contributed by atoms with E-state index in [9.17, 15) is 14.0 Å². The van der Waals surface area contributed by atoms with E-state index in [2.05, 4.69) is 4.98 Å². The lowest BCUT2D eigenvalue weighted by Gasteiger charge is -1.99. The van der Waals surface area contributed by atoms with Crippen molar-refractivity contribution < 1.29 is 14.3 Å². The highest BCUT2D eigenvalue weighted by Crippen LogP contribution is 2.14. The number of carboxylic acids is 1. The van der Waals surface area contributed by atoms with Crippen LogP contribution in [0, 0.1) is 5.82 Å². The molecule has 0 aromatic carbocycles. The van der Waals surface area contributed by atoms with Gasteiger partial charge in [-0.25, -0.2) is 9.18 Å². The second-order valence-corrected chi connectivity index (χ2v) is 3.01. The number of aromatic amines is 1. The van der Waals surface area contributed by atoms with E-state index >= 15 is 0 Å². The predicted molar refractivity (Wildman–Crippen MR) is 45.8 cm³/mol. The summed E-state index contributed by atoms with van der Waals surface area (Å²) in [5.74, 6) is -2.17. The van der Waals surface area contributed by atoms with Gasteiger partial charge in [-0.3, -0.25) is 4.79 Å². The number of halogens is 1. The summed E-state index contributed by atoms with van der Waals surface area (Å²) in [4.78, 5) is 23.5. The number of thioether (sulfide) groups is 1. The minimum Gasteiger partial charge on any atom is -0.477 e. The molecule has 0 aliphatic heterocycles. The summed E-state index contributed by atoms with van der Waals surface area (Å²) in [5.41, 5.74) is -1.38. The van der Waals surface area contributed by atoms with Crippen LogP contribution in [0.25, 0.3) is 0 Å². The number of nitrogens with one attached hydrogen (secondary N) is 1. The summed E-state index contributed by atoms with van der Waals surface area (Å²) in [6.45, 7) is 0. The molecule has 0 fully saturated rings. The average molecular weight is 203 g/mol. The first kappa shape index (κ1) is 9.79. The van der Waals surface area contributed by atoms with Crippen molar-refractivity contribution in [2.45, 2.75) is 5.03 Å². The van der Waals surface area contributed by atoms with Crippen molar-refractivity contribution in [2.24, 2.45) is 0 Å². The molecule has 0 spiro atoms. The molecular weight excluding hydrogens is 197 g/mol. The Labute approximate surface area is 76.8 Å². The number of carboxylic acid groups (broad SMARTS) is 1. The van der Waals surface area contributed by atoms with Gasteiger partial charge >= 0.3 is 5.97 Å². The van der Waals surface area contributed by atoms with Crippen LogP contribution in [0.4, 0.5) is 4.39 Å². The van der Waals surface area contributed by atoms with E-state index in [1.54, 1.807) is 6.26 Å². The van der Waals surface area contributed by atoms with Crippen LogP contribution < -0.4 is 5.56 Å². The molecule has 13 heavy (non-hydrogen) atoms. The highest BCUT2D eigenvalue weighted by Gasteiger charge is 2.12.